The number of carbonyl (C=O) groups is 3. The van der Waals surface area contributed by atoms with Gasteiger partial charge in [-0.05, 0) is 20.3 Å². The molecule has 6 aliphatic heterocycles. The number of alkyl halides is 3. The Hall–Kier alpha value is -1.73. The van der Waals surface area contributed by atoms with Crippen LogP contribution in [0.3, 0.4) is 0 Å². The van der Waals surface area contributed by atoms with Crippen LogP contribution in [0.1, 0.15) is 34.1 Å². The minimum absolute atomic E-state index is 0. The zero-order valence-corrected chi connectivity index (χ0v) is 49.3. The van der Waals surface area contributed by atoms with Crippen LogP contribution < -0.4 is 50.4 Å². The molecule has 0 spiro atoms. The predicted octanol–water partition coefficient (Wildman–Crippen LogP) is -14.2. The number of amides is 3. The van der Waals surface area contributed by atoms with Gasteiger partial charge in [-0.15, -0.1) is 0 Å². The van der Waals surface area contributed by atoms with Gasteiger partial charge in [0.1, 0.15) is 134 Å². The molecular formula is C45H74F3N3NaO33P. The van der Waals surface area contributed by atoms with Crippen LogP contribution in [0.2, 0.25) is 0 Å². The summed E-state index contributed by atoms with van der Waals surface area (Å²) >= 11 is 0. The van der Waals surface area contributed by atoms with Gasteiger partial charge in [-0.1, -0.05) is 0 Å². The Balaban J connectivity index is 0.0000135. The molecule has 0 bridgehead atoms. The van der Waals surface area contributed by atoms with E-state index in [1.807, 2.05) is 0 Å². The first-order valence-electron chi connectivity index (χ1n) is 26.4. The van der Waals surface area contributed by atoms with Gasteiger partial charge < -0.3 is 154 Å². The van der Waals surface area contributed by atoms with Crippen LogP contribution in [0.5, 0.6) is 0 Å². The van der Waals surface area contributed by atoms with Gasteiger partial charge in [-0.2, -0.15) is 13.2 Å². The molecular weight excluding hydrogens is 1220 g/mol. The van der Waals surface area contributed by atoms with Gasteiger partial charge in [-0.25, -0.2) is 0 Å². The molecule has 1 unspecified atom stereocenters. The third kappa shape index (κ3) is 17.9. The molecule has 494 valence electrons. The molecule has 41 heteroatoms. The third-order valence-corrected chi connectivity index (χ3v) is 15.4. The Morgan fingerprint density at radius 3 is 1.31 bits per heavy atom. The molecule has 6 heterocycles. The average Bonchev–Trinajstić information content (AvgIpc) is 1.04. The number of hydrogen-bond acceptors (Lipinski definition) is 33. The van der Waals surface area contributed by atoms with E-state index in [0.717, 1.165) is 20.8 Å². The van der Waals surface area contributed by atoms with Crippen molar-refractivity contribution in [2.45, 2.75) is 224 Å². The molecule has 0 aliphatic carbocycles. The molecule has 6 aliphatic rings. The zero-order valence-electron chi connectivity index (χ0n) is 46.4. The Kier molecular flexibility index (Phi) is 28.1. The summed E-state index contributed by atoms with van der Waals surface area (Å²) in [5.41, 5.74) is 0. The number of ether oxygens (including phenoxy) is 11. The first-order valence-corrected chi connectivity index (χ1v) is 27.9. The number of phosphoric acid groups is 1. The van der Waals surface area contributed by atoms with Crippen LogP contribution >= 0.6 is 7.82 Å². The standard InChI is InChI=1S/C45H75F3N3O33P.Na/c1-12-22(58)27(63)36(42(73-12)72-7-5-6-49-44(69)45(46,47)48)81-40-31(67)29(65)34(18(10-54)77-40)80-39-21(51-15(4)57)26(62)35(19(11-55)76-39)83-85(70,71)84-43-37(28(64)23(59)13(2)74-43)82-41-32(68)30(66)33(17(9-53)78-41)79-38-20(50-14(3)56)25(61)24(60)16(8-52)75-38;/h12-13,16-43,52-55,58-68H,5-11H2,1-4H3,(H,49,69)(H,50,56)(H,51,57)(H,70,71);/q;+1/p-1/t12-,13-,16+,17+,18+,19+,20-,21-,22-,23-,24+,25+,26+,27+,28+,29+,30+,31+,32+,33+,34+,35+,36+,37+,38-,39-,40+,41+,42+,43-;/m0./s1. The van der Waals surface area contributed by atoms with Crippen LogP contribution in [-0.4, -0.2) is 324 Å². The van der Waals surface area contributed by atoms with E-state index in [-0.39, 0.29) is 36.0 Å². The molecule has 31 atom stereocenters. The van der Waals surface area contributed by atoms with Crippen molar-refractivity contribution in [1.82, 2.24) is 16.0 Å². The maximum atomic E-state index is 13.9. The zero-order chi connectivity index (χ0) is 63.3. The predicted molar refractivity (Wildman–Crippen MR) is 256 cm³/mol. The molecule has 3 amide bonds. The summed E-state index contributed by atoms with van der Waals surface area (Å²) < 4.78 is 124. The normalized spacial score (nSPS) is 44.8. The molecule has 0 radical (unpaired) electrons. The van der Waals surface area contributed by atoms with Gasteiger partial charge in [0.2, 0.25) is 11.8 Å². The van der Waals surface area contributed by atoms with Gasteiger partial charge in [0.25, 0.3) is 7.82 Å². The molecule has 0 saturated carbocycles. The minimum atomic E-state index is -6.10. The number of rotatable bonds is 23. The maximum Gasteiger partial charge on any atom is 1.00 e. The van der Waals surface area contributed by atoms with Crippen molar-refractivity contribution >= 4 is 25.5 Å². The number of hydrogen-bond donors (Lipinski definition) is 18. The van der Waals surface area contributed by atoms with Crippen molar-refractivity contribution in [3.63, 3.8) is 0 Å². The van der Waals surface area contributed by atoms with E-state index in [1.165, 1.54) is 6.92 Å². The molecule has 36 nitrogen and oxygen atoms in total. The first kappa shape index (κ1) is 75.0. The molecule has 18 N–H and O–H groups in total. The van der Waals surface area contributed by atoms with E-state index in [0.29, 0.717) is 0 Å². The molecule has 0 aromatic heterocycles. The van der Waals surface area contributed by atoms with E-state index in [2.05, 4.69) is 10.6 Å². The molecule has 6 rings (SSSR count). The van der Waals surface area contributed by atoms with Gasteiger partial charge >= 0.3 is 41.6 Å². The Morgan fingerprint density at radius 2 is 0.872 bits per heavy atom. The van der Waals surface area contributed by atoms with Crippen LogP contribution in [-0.2, 0) is 80.1 Å². The summed E-state index contributed by atoms with van der Waals surface area (Å²) in [5.74, 6) is -3.96. The summed E-state index contributed by atoms with van der Waals surface area (Å²) in [6.45, 7) is -0.900. The summed E-state index contributed by atoms with van der Waals surface area (Å²) in [4.78, 5) is 49.6. The van der Waals surface area contributed by atoms with Crippen LogP contribution in [0.25, 0.3) is 0 Å². The number of aliphatic hydroxyl groups excluding tert-OH is 15. The number of nitrogens with one attached hydrogen (secondary N) is 3. The van der Waals surface area contributed by atoms with Crippen molar-refractivity contribution in [2.75, 3.05) is 39.6 Å². The van der Waals surface area contributed by atoms with E-state index >= 15 is 0 Å². The van der Waals surface area contributed by atoms with Crippen molar-refractivity contribution in [2.24, 2.45) is 0 Å². The number of phosphoric ester groups is 1. The first-order chi connectivity index (χ1) is 39.8. The summed E-state index contributed by atoms with van der Waals surface area (Å²) in [6, 6.07) is -3.56. The second-order valence-electron chi connectivity index (χ2n) is 20.7. The quantitative estimate of drug-likeness (QED) is 0.0257. The van der Waals surface area contributed by atoms with Crippen molar-refractivity contribution in [1.29, 1.82) is 0 Å². The number of aliphatic hydroxyl groups is 15. The fraction of sp³-hybridized carbons (Fsp3) is 0.933. The molecule has 6 saturated heterocycles. The summed E-state index contributed by atoms with van der Waals surface area (Å²) in [6.07, 6.45) is -60.3. The Morgan fingerprint density at radius 1 is 0.488 bits per heavy atom. The second kappa shape index (κ2) is 32.2. The molecule has 0 aromatic rings. The van der Waals surface area contributed by atoms with Crippen molar-refractivity contribution < 1.29 is 204 Å². The number of carbonyl (C=O) groups excluding carboxylic acids is 3. The monoisotopic (exact) mass is 1300 g/mol. The fourth-order valence-corrected chi connectivity index (χ4v) is 11.0. The maximum absolute atomic E-state index is 13.9. The molecule has 0 aromatic carbocycles. The van der Waals surface area contributed by atoms with Gasteiger partial charge in [0, 0.05) is 20.4 Å². The fourth-order valence-electron chi connectivity index (χ4n) is 9.96. The third-order valence-electron chi connectivity index (χ3n) is 14.5. The molecule has 86 heavy (non-hydrogen) atoms. The van der Waals surface area contributed by atoms with Crippen LogP contribution in [0, 0.1) is 0 Å². The van der Waals surface area contributed by atoms with Crippen LogP contribution in [0.15, 0.2) is 0 Å². The smallest absolute Gasteiger partial charge is 0.756 e. The van der Waals surface area contributed by atoms with Gasteiger partial charge in [0.15, 0.2) is 37.7 Å². The second-order valence-corrected chi connectivity index (χ2v) is 22.0. The minimum Gasteiger partial charge on any atom is -0.756 e. The van der Waals surface area contributed by atoms with Crippen molar-refractivity contribution in [3.8, 4) is 0 Å². The van der Waals surface area contributed by atoms with E-state index in [1.54, 1.807) is 5.32 Å². The topological polar surface area (TPSA) is 551 Å². The van der Waals surface area contributed by atoms with Crippen LogP contribution in [0.4, 0.5) is 13.2 Å². The Bertz CT molecular complexity index is 2210. The SMILES string of the molecule is CC(=O)N[C@@H]1[C@H](O[C@H]2[C@H](O)[C@@H](O)[C@@H](O[C@H]3[C@H](OCCCNC(=O)C(F)(F)F)O[C@@H](C)[C@H](O)[C@H]3O)O[C@@H]2CO)O[C@H](CO)[C@@H](OP(=O)([O-])O[C@@H]2O[C@@H](C)[C@H](O)[C@@H](O)[C@H]2O[C@H]2O[C@H](CO)[C@@H](O[C@@H]3O[C@H](CO)[C@@H](O)[C@H](O)[C@@H]3NC(C)=O)[C@H](O)[C@H]2O)[C@@H]1O.[Na+]. The molecule has 6 fully saturated rings. The van der Waals surface area contributed by atoms with Crippen molar-refractivity contribution in [3.05, 3.63) is 0 Å². The van der Waals surface area contributed by atoms with Gasteiger partial charge in [-0.3, -0.25) is 23.5 Å². The average molecular weight is 1300 g/mol. The van der Waals surface area contributed by atoms with E-state index in [9.17, 15) is 114 Å². The van der Waals surface area contributed by atoms with E-state index in [4.69, 9.17) is 61.2 Å². The summed E-state index contributed by atoms with van der Waals surface area (Å²) in [7, 11) is -6.10. The largest absolute Gasteiger partial charge is 1.00 e. The Labute approximate surface area is 508 Å². The number of halogens is 3. The van der Waals surface area contributed by atoms with E-state index < -0.39 is 255 Å². The van der Waals surface area contributed by atoms with Gasteiger partial charge in [0.05, 0.1) is 45.2 Å². The summed E-state index contributed by atoms with van der Waals surface area (Å²) in [5, 5.41) is 169.